The molecule has 2 amide bonds. The smallest absolute Gasteiger partial charge is 0.411 e. The van der Waals surface area contributed by atoms with E-state index in [-0.39, 0.29) is 30.9 Å². The minimum Gasteiger partial charge on any atom is -0.492 e. The molecule has 0 saturated heterocycles. The van der Waals surface area contributed by atoms with Crippen LogP contribution >= 0.6 is 11.6 Å². The molecular weight excluding hydrogens is 432 g/mol. The number of ether oxygens (including phenoxy) is 1. The van der Waals surface area contributed by atoms with Crippen molar-refractivity contribution in [2.45, 2.75) is 27.2 Å². The predicted molar refractivity (Wildman–Crippen MR) is 122 cm³/mol. The van der Waals surface area contributed by atoms with Crippen LogP contribution in [0, 0.1) is 16.7 Å². The summed E-state index contributed by atoms with van der Waals surface area (Å²) < 4.78 is 5.71. The number of amides is 2. The number of anilines is 1. The second-order valence-electron chi connectivity index (χ2n) is 8.36. The lowest BCUT2D eigenvalue weighted by Gasteiger charge is -2.29. The predicted octanol–water partition coefficient (Wildman–Crippen LogP) is 4.70. The van der Waals surface area contributed by atoms with Crippen molar-refractivity contribution in [3.63, 3.8) is 0 Å². The minimum atomic E-state index is -1.11. The lowest BCUT2D eigenvalue weighted by Crippen LogP contribution is -2.38. The molecule has 9 heteroatoms. The Morgan fingerprint density at radius 3 is 2.47 bits per heavy atom. The monoisotopic (exact) mass is 458 g/mol. The Labute approximate surface area is 193 Å². The first-order valence-corrected chi connectivity index (χ1v) is 10.5. The molecule has 2 aromatic rings. The highest BCUT2D eigenvalue weighted by Crippen LogP contribution is 2.24. The van der Waals surface area contributed by atoms with Gasteiger partial charge in [-0.25, -0.2) is 4.79 Å². The summed E-state index contributed by atoms with van der Waals surface area (Å²) in [5.41, 5.74) is 0.684. The molecule has 0 aliphatic rings. The molecule has 0 radical (unpaired) electrons. The number of nitrogens with zero attached hydrogens (tertiary/aromatic N) is 4. The maximum Gasteiger partial charge on any atom is 0.411 e. The SMILES string of the molecule is CC(C)(C)CN(CCC#N)C(=O)c1cc(Cl)cc(OCCN(C(=O)O)c2ccncc2)c1. The molecule has 0 bridgehead atoms. The summed E-state index contributed by atoms with van der Waals surface area (Å²) in [5, 5.41) is 18.7. The maximum atomic E-state index is 13.1. The fourth-order valence-electron chi connectivity index (χ4n) is 3.08. The van der Waals surface area contributed by atoms with Crippen LogP contribution in [0.5, 0.6) is 5.75 Å². The third-order valence-corrected chi connectivity index (χ3v) is 4.57. The fraction of sp³-hybridized carbons (Fsp3) is 0.391. The van der Waals surface area contributed by atoms with Gasteiger partial charge in [-0.15, -0.1) is 0 Å². The molecule has 1 N–H and O–H groups in total. The Kier molecular flexibility index (Phi) is 8.85. The third kappa shape index (κ3) is 7.75. The van der Waals surface area contributed by atoms with Crippen LogP contribution in [0.25, 0.3) is 0 Å². The van der Waals surface area contributed by atoms with Crippen molar-refractivity contribution in [3.8, 4) is 11.8 Å². The lowest BCUT2D eigenvalue weighted by atomic mass is 9.95. The van der Waals surface area contributed by atoms with E-state index in [2.05, 4.69) is 11.1 Å². The van der Waals surface area contributed by atoms with Crippen molar-refractivity contribution in [2.75, 3.05) is 31.1 Å². The van der Waals surface area contributed by atoms with Gasteiger partial charge in [0.2, 0.25) is 0 Å². The zero-order valence-corrected chi connectivity index (χ0v) is 19.2. The van der Waals surface area contributed by atoms with Gasteiger partial charge in [-0.2, -0.15) is 5.26 Å². The minimum absolute atomic E-state index is 0.0583. The van der Waals surface area contributed by atoms with Gasteiger partial charge >= 0.3 is 6.09 Å². The van der Waals surface area contributed by atoms with Crippen molar-refractivity contribution in [1.82, 2.24) is 9.88 Å². The maximum absolute atomic E-state index is 13.1. The molecule has 0 fully saturated rings. The molecule has 0 aliphatic heterocycles. The Bertz CT molecular complexity index is 970. The van der Waals surface area contributed by atoms with E-state index in [0.29, 0.717) is 35.1 Å². The Morgan fingerprint density at radius 1 is 1.19 bits per heavy atom. The van der Waals surface area contributed by atoms with Gasteiger partial charge in [0, 0.05) is 36.1 Å². The third-order valence-electron chi connectivity index (χ3n) is 4.35. The first-order chi connectivity index (χ1) is 15.1. The largest absolute Gasteiger partial charge is 0.492 e. The molecule has 0 unspecified atom stereocenters. The van der Waals surface area contributed by atoms with Crippen molar-refractivity contribution in [2.24, 2.45) is 5.41 Å². The number of carbonyl (C=O) groups excluding carboxylic acids is 1. The van der Waals surface area contributed by atoms with E-state index >= 15 is 0 Å². The molecule has 0 saturated carbocycles. The van der Waals surface area contributed by atoms with Crippen LogP contribution in [0.15, 0.2) is 42.7 Å². The van der Waals surface area contributed by atoms with Gasteiger partial charge in [-0.3, -0.25) is 14.7 Å². The van der Waals surface area contributed by atoms with E-state index in [1.807, 2.05) is 20.8 Å². The van der Waals surface area contributed by atoms with Gasteiger partial charge < -0.3 is 14.7 Å². The van der Waals surface area contributed by atoms with Gasteiger partial charge in [0.05, 0.1) is 24.7 Å². The summed E-state index contributed by atoms with van der Waals surface area (Å²) in [6.45, 7) is 6.98. The van der Waals surface area contributed by atoms with E-state index in [9.17, 15) is 14.7 Å². The van der Waals surface area contributed by atoms with Crippen LogP contribution in [0.2, 0.25) is 5.02 Å². The molecule has 8 nitrogen and oxygen atoms in total. The summed E-state index contributed by atoms with van der Waals surface area (Å²) in [6, 6.07) is 9.96. The number of hydrogen-bond acceptors (Lipinski definition) is 5. The van der Waals surface area contributed by atoms with E-state index in [4.69, 9.17) is 21.6 Å². The molecular formula is C23H27ClN4O4. The number of rotatable bonds is 9. The lowest BCUT2D eigenvalue weighted by molar-refractivity contribution is 0.0699. The standard InChI is InChI=1S/C23H27ClN4O4/c1-23(2,3)16-27(10-4-7-25)21(29)17-13-18(24)15-20(14-17)32-12-11-28(22(30)31)19-5-8-26-9-6-19/h5-6,8-9,13-15H,4,10-12,16H2,1-3H3,(H,30,31). The number of carboxylic acid groups (broad SMARTS) is 1. The highest BCUT2D eigenvalue weighted by Gasteiger charge is 2.23. The second-order valence-corrected chi connectivity index (χ2v) is 8.80. The molecule has 170 valence electrons. The Morgan fingerprint density at radius 2 is 1.88 bits per heavy atom. The number of benzene rings is 1. The second kappa shape index (κ2) is 11.3. The average molecular weight is 459 g/mol. The van der Waals surface area contributed by atoms with Crippen LogP contribution in [0.3, 0.4) is 0 Å². The molecule has 0 spiro atoms. The van der Waals surface area contributed by atoms with Gasteiger partial charge in [-0.05, 0) is 35.7 Å². The number of hydrogen-bond donors (Lipinski definition) is 1. The molecule has 1 heterocycles. The van der Waals surface area contributed by atoms with E-state index < -0.39 is 6.09 Å². The van der Waals surface area contributed by atoms with Gasteiger partial charge in [0.15, 0.2) is 0 Å². The number of aromatic nitrogens is 1. The van der Waals surface area contributed by atoms with Crippen LogP contribution in [0.4, 0.5) is 10.5 Å². The molecule has 1 aromatic heterocycles. The van der Waals surface area contributed by atoms with Crippen molar-refractivity contribution < 1.29 is 19.4 Å². The van der Waals surface area contributed by atoms with E-state index in [1.54, 1.807) is 35.2 Å². The van der Waals surface area contributed by atoms with Crippen LogP contribution < -0.4 is 9.64 Å². The number of nitriles is 1. The Balaban J connectivity index is 2.13. The number of halogens is 1. The van der Waals surface area contributed by atoms with Crippen molar-refractivity contribution in [1.29, 1.82) is 5.26 Å². The Hall–Kier alpha value is -3.31. The summed E-state index contributed by atoms with van der Waals surface area (Å²) in [6.07, 6.45) is 2.14. The molecule has 1 aromatic carbocycles. The summed E-state index contributed by atoms with van der Waals surface area (Å²) in [5.74, 6) is 0.114. The normalized spacial score (nSPS) is 10.8. The van der Waals surface area contributed by atoms with E-state index in [0.717, 1.165) is 4.90 Å². The number of carbonyl (C=O) groups is 2. The summed E-state index contributed by atoms with van der Waals surface area (Å²) in [4.78, 5) is 31.3. The highest BCUT2D eigenvalue weighted by atomic mass is 35.5. The zero-order chi connectivity index (χ0) is 23.7. The topological polar surface area (TPSA) is 107 Å². The molecule has 32 heavy (non-hydrogen) atoms. The van der Waals surface area contributed by atoms with Gasteiger partial charge in [0.1, 0.15) is 12.4 Å². The van der Waals surface area contributed by atoms with E-state index in [1.165, 1.54) is 12.4 Å². The van der Waals surface area contributed by atoms with Crippen LogP contribution in [0.1, 0.15) is 37.6 Å². The quantitative estimate of drug-likeness (QED) is 0.583. The van der Waals surface area contributed by atoms with Gasteiger partial charge in [0.25, 0.3) is 5.91 Å². The van der Waals surface area contributed by atoms with Crippen LogP contribution in [-0.4, -0.2) is 53.2 Å². The first kappa shape index (κ1) is 25.0. The molecule has 2 rings (SSSR count). The molecule has 0 atom stereocenters. The van der Waals surface area contributed by atoms with Gasteiger partial charge in [-0.1, -0.05) is 32.4 Å². The molecule has 0 aliphatic carbocycles. The fourth-order valence-corrected chi connectivity index (χ4v) is 3.30. The van der Waals surface area contributed by atoms with Crippen molar-refractivity contribution in [3.05, 3.63) is 53.3 Å². The van der Waals surface area contributed by atoms with Crippen molar-refractivity contribution >= 4 is 29.3 Å². The first-order valence-electron chi connectivity index (χ1n) is 10.1. The average Bonchev–Trinajstić information content (AvgIpc) is 2.73. The zero-order valence-electron chi connectivity index (χ0n) is 18.4. The summed E-state index contributed by atoms with van der Waals surface area (Å²) >= 11 is 6.21. The number of pyridine rings is 1. The van der Waals surface area contributed by atoms with Crippen LogP contribution in [-0.2, 0) is 0 Å². The summed E-state index contributed by atoms with van der Waals surface area (Å²) in [7, 11) is 0. The highest BCUT2D eigenvalue weighted by molar-refractivity contribution is 6.31.